The molecule has 2 nitrogen and oxygen atoms in total. The maximum atomic E-state index is 11.3. The van der Waals surface area contributed by atoms with Gasteiger partial charge in [-0.2, -0.15) is 0 Å². The molecular weight excluding hydrogens is 186 g/mol. The molecule has 78 valence electrons. The summed E-state index contributed by atoms with van der Waals surface area (Å²) >= 11 is 0. The Hall–Kier alpha value is -1.31. The first-order valence-corrected chi connectivity index (χ1v) is 5.69. The lowest BCUT2D eigenvalue weighted by Gasteiger charge is -2.44. The summed E-state index contributed by atoms with van der Waals surface area (Å²) in [4.78, 5) is 13.8. The third-order valence-electron chi connectivity index (χ3n) is 3.61. The molecule has 0 aromatic heterocycles. The van der Waals surface area contributed by atoms with E-state index in [2.05, 4.69) is 29.2 Å². The fourth-order valence-electron chi connectivity index (χ4n) is 2.83. The van der Waals surface area contributed by atoms with E-state index in [0.717, 1.165) is 13.0 Å². The minimum atomic E-state index is 0.301. The highest BCUT2D eigenvalue weighted by molar-refractivity contribution is 5.91. The predicted molar refractivity (Wildman–Crippen MR) is 59.2 cm³/mol. The first kappa shape index (κ1) is 8.96. The monoisotopic (exact) mass is 201 g/mol. The molecule has 1 fully saturated rings. The van der Waals surface area contributed by atoms with Crippen molar-refractivity contribution >= 4 is 5.78 Å². The number of allylic oxidation sites excluding steroid dienone is 4. The van der Waals surface area contributed by atoms with Crippen molar-refractivity contribution in [3.63, 3.8) is 0 Å². The Labute approximate surface area is 90.0 Å². The topological polar surface area (TPSA) is 20.3 Å². The first-order chi connectivity index (χ1) is 7.34. The Morgan fingerprint density at radius 3 is 3.00 bits per heavy atom. The first-order valence-electron chi connectivity index (χ1n) is 5.69. The standard InChI is InChI=1S/C13H15NO/c15-12-7-8-14-11(9-12)6-5-10-3-1-2-4-13(10)14/h1-4,9-10,13H,5-8H2. The molecule has 0 radical (unpaired) electrons. The van der Waals surface area contributed by atoms with E-state index in [0.29, 0.717) is 24.2 Å². The molecule has 15 heavy (non-hydrogen) atoms. The highest BCUT2D eigenvalue weighted by Gasteiger charge is 2.33. The van der Waals surface area contributed by atoms with E-state index >= 15 is 0 Å². The predicted octanol–water partition coefficient (Wildman–Crippen LogP) is 2.05. The number of hydrogen-bond donors (Lipinski definition) is 0. The molecule has 2 heterocycles. The second-order valence-corrected chi connectivity index (χ2v) is 4.51. The number of fused-ring (bicyclic) bond motifs is 3. The average molecular weight is 201 g/mol. The fraction of sp³-hybridized carbons (Fsp3) is 0.462. The van der Waals surface area contributed by atoms with Crippen LogP contribution in [0.15, 0.2) is 36.1 Å². The molecule has 0 N–H and O–H groups in total. The lowest BCUT2D eigenvalue weighted by atomic mass is 9.83. The fourth-order valence-corrected chi connectivity index (χ4v) is 2.83. The molecule has 0 aromatic rings. The summed E-state index contributed by atoms with van der Waals surface area (Å²) in [6.45, 7) is 0.907. The zero-order chi connectivity index (χ0) is 10.3. The Bertz CT molecular complexity index is 378. The van der Waals surface area contributed by atoms with Crippen molar-refractivity contribution in [1.29, 1.82) is 0 Å². The van der Waals surface area contributed by atoms with Crippen LogP contribution < -0.4 is 0 Å². The van der Waals surface area contributed by atoms with Crippen LogP contribution in [0.1, 0.15) is 19.3 Å². The third-order valence-corrected chi connectivity index (χ3v) is 3.61. The quantitative estimate of drug-likeness (QED) is 0.598. The summed E-state index contributed by atoms with van der Waals surface area (Å²) in [5.41, 5.74) is 1.26. The molecule has 1 aliphatic carbocycles. The van der Waals surface area contributed by atoms with Crippen molar-refractivity contribution in [1.82, 2.24) is 4.90 Å². The van der Waals surface area contributed by atoms with Gasteiger partial charge in [0.25, 0.3) is 0 Å². The number of nitrogens with zero attached hydrogens (tertiary/aromatic N) is 1. The number of rotatable bonds is 0. The van der Waals surface area contributed by atoms with Gasteiger partial charge in [-0.3, -0.25) is 4.79 Å². The summed E-state index contributed by atoms with van der Waals surface area (Å²) in [7, 11) is 0. The molecule has 0 spiro atoms. The molecule has 0 bridgehead atoms. The zero-order valence-corrected chi connectivity index (χ0v) is 8.73. The van der Waals surface area contributed by atoms with Crippen LogP contribution in [0.25, 0.3) is 0 Å². The van der Waals surface area contributed by atoms with E-state index in [1.54, 1.807) is 0 Å². The minimum Gasteiger partial charge on any atom is -0.367 e. The van der Waals surface area contributed by atoms with E-state index in [1.165, 1.54) is 12.1 Å². The molecule has 0 aromatic carbocycles. The maximum absolute atomic E-state index is 11.3. The van der Waals surface area contributed by atoms with Crippen molar-refractivity contribution in [3.8, 4) is 0 Å². The molecule has 2 atom stereocenters. The van der Waals surface area contributed by atoms with Gasteiger partial charge in [-0.1, -0.05) is 24.3 Å². The molecule has 0 saturated carbocycles. The van der Waals surface area contributed by atoms with Crippen molar-refractivity contribution in [2.75, 3.05) is 6.54 Å². The molecular formula is C13H15NO. The van der Waals surface area contributed by atoms with Gasteiger partial charge in [0.1, 0.15) is 0 Å². The molecule has 2 aliphatic heterocycles. The van der Waals surface area contributed by atoms with Crippen molar-refractivity contribution in [3.05, 3.63) is 36.1 Å². The smallest absolute Gasteiger partial charge is 0.159 e. The number of ketones is 1. The second-order valence-electron chi connectivity index (χ2n) is 4.51. The SMILES string of the molecule is O=C1C=C2CCC3C=CC=CC3N2CC1. The van der Waals surface area contributed by atoms with Gasteiger partial charge in [0.15, 0.2) is 5.78 Å². The third kappa shape index (κ3) is 1.44. The second kappa shape index (κ2) is 3.37. The summed E-state index contributed by atoms with van der Waals surface area (Å²) in [6, 6.07) is 0.503. The lowest BCUT2D eigenvalue weighted by molar-refractivity contribution is -0.115. The molecule has 2 heteroatoms. The van der Waals surface area contributed by atoms with Crippen LogP contribution in [0.4, 0.5) is 0 Å². The summed E-state index contributed by atoms with van der Waals surface area (Å²) in [5, 5.41) is 0. The van der Waals surface area contributed by atoms with Crippen molar-refractivity contribution in [2.24, 2.45) is 5.92 Å². The number of hydrogen-bond acceptors (Lipinski definition) is 2. The maximum Gasteiger partial charge on any atom is 0.159 e. The highest BCUT2D eigenvalue weighted by atomic mass is 16.1. The van der Waals surface area contributed by atoms with Gasteiger partial charge >= 0.3 is 0 Å². The van der Waals surface area contributed by atoms with Gasteiger partial charge in [-0.15, -0.1) is 0 Å². The highest BCUT2D eigenvalue weighted by Crippen LogP contribution is 2.35. The van der Waals surface area contributed by atoms with Gasteiger partial charge in [-0.05, 0) is 12.8 Å². The minimum absolute atomic E-state index is 0.301. The van der Waals surface area contributed by atoms with Gasteiger partial charge < -0.3 is 4.90 Å². The van der Waals surface area contributed by atoms with E-state index in [9.17, 15) is 4.79 Å². The van der Waals surface area contributed by atoms with Gasteiger partial charge in [-0.25, -0.2) is 0 Å². The zero-order valence-electron chi connectivity index (χ0n) is 8.73. The van der Waals surface area contributed by atoms with E-state index in [1.807, 2.05) is 6.08 Å². The van der Waals surface area contributed by atoms with Crippen molar-refractivity contribution < 1.29 is 4.79 Å². The Morgan fingerprint density at radius 1 is 1.20 bits per heavy atom. The Kier molecular flexibility index (Phi) is 2.01. The van der Waals surface area contributed by atoms with Crippen LogP contribution >= 0.6 is 0 Å². The van der Waals surface area contributed by atoms with E-state index < -0.39 is 0 Å². The normalized spacial score (nSPS) is 33.5. The number of piperidine rings is 1. The molecule has 0 amide bonds. The summed E-state index contributed by atoms with van der Waals surface area (Å²) in [6.07, 6.45) is 13.6. The van der Waals surface area contributed by atoms with E-state index in [-0.39, 0.29) is 0 Å². The molecule has 3 aliphatic rings. The van der Waals surface area contributed by atoms with Gasteiger partial charge in [0.2, 0.25) is 0 Å². The van der Waals surface area contributed by atoms with Gasteiger partial charge in [0, 0.05) is 30.7 Å². The van der Waals surface area contributed by atoms with Gasteiger partial charge in [0.05, 0.1) is 6.04 Å². The lowest BCUT2D eigenvalue weighted by Crippen LogP contribution is -2.45. The van der Waals surface area contributed by atoms with Crippen LogP contribution in [0.2, 0.25) is 0 Å². The van der Waals surface area contributed by atoms with Crippen LogP contribution in [-0.4, -0.2) is 23.3 Å². The number of carbonyl (C=O) groups excluding carboxylic acids is 1. The molecule has 2 unspecified atom stereocenters. The van der Waals surface area contributed by atoms with Crippen LogP contribution in [0.3, 0.4) is 0 Å². The van der Waals surface area contributed by atoms with Crippen LogP contribution in [0, 0.1) is 5.92 Å². The van der Waals surface area contributed by atoms with Crippen LogP contribution in [-0.2, 0) is 4.79 Å². The molecule has 1 saturated heterocycles. The summed E-state index contributed by atoms with van der Waals surface area (Å²) < 4.78 is 0. The largest absolute Gasteiger partial charge is 0.367 e. The van der Waals surface area contributed by atoms with E-state index in [4.69, 9.17) is 0 Å². The Balaban J connectivity index is 1.92. The molecule has 3 rings (SSSR count). The Morgan fingerprint density at radius 2 is 2.07 bits per heavy atom. The van der Waals surface area contributed by atoms with Crippen molar-refractivity contribution in [2.45, 2.75) is 25.3 Å². The average Bonchev–Trinajstić information content (AvgIpc) is 2.28. The van der Waals surface area contributed by atoms with Crippen LogP contribution in [0.5, 0.6) is 0 Å². The summed E-state index contributed by atoms with van der Waals surface area (Å²) in [5.74, 6) is 0.954. The number of carbonyl (C=O) groups is 1.